The Morgan fingerprint density at radius 1 is 1.45 bits per heavy atom. The molecule has 0 aromatic carbocycles. The Morgan fingerprint density at radius 2 is 2.36 bits per heavy atom. The molecular weight excluding hydrogens is 275 g/mol. The summed E-state index contributed by atoms with van der Waals surface area (Å²) in [6, 6.07) is 3.71. The number of nitrogens with zero attached hydrogens (tertiary/aromatic N) is 2. The summed E-state index contributed by atoms with van der Waals surface area (Å²) in [4.78, 5) is 0. The highest BCUT2D eigenvalue weighted by Gasteiger charge is 2.05. The Kier molecular flexibility index (Phi) is 1.91. The topological polar surface area (TPSA) is 38.9 Å². The lowest BCUT2D eigenvalue weighted by molar-refractivity contribution is 0.581. The first-order valence-corrected chi connectivity index (χ1v) is 4.78. The molecule has 2 rings (SSSR count). The van der Waals surface area contributed by atoms with Crippen LogP contribution in [0.5, 0.6) is 0 Å². The van der Waals surface area contributed by atoms with Gasteiger partial charge >= 0.3 is 0 Å². The van der Waals surface area contributed by atoms with E-state index in [9.17, 15) is 0 Å². The van der Waals surface area contributed by atoms with E-state index in [2.05, 4.69) is 32.8 Å². The molecule has 0 saturated carbocycles. The van der Waals surface area contributed by atoms with Gasteiger partial charge in [0.2, 0.25) is 0 Å². The van der Waals surface area contributed by atoms with Crippen molar-refractivity contribution in [2.24, 2.45) is 0 Å². The van der Waals surface area contributed by atoms with Gasteiger partial charge in [-0.05, 0) is 34.7 Å². The van der Waals surface area contributed by atoms with Gasteiger partial charge in [0, 0.05) is 0 Å². The lowest BCUT2D eigenvalue weighted by atomic mass is 10.5. The number of halogens is 1. The van der Waals surface area contributed by atoms with Crippen molar-refractivity contribution in [2.75, 3.05) is 0 Å². The van der Waals surface area contributed by atoms with Crippen LogP contribution in [0.25, 0.3) is 10.8 Å². The molecule has 2 aromatic heterocycles. The number of furan rings is 1. The number of hydrogen-bond acceptors (Lipinski definition) is 4. The minimum atomic E-state index is 0.783. The van der Waals surface area contributed by atoms with Crippen LogP contribution in [-0.4, -0.2) is 10.2 Å². The molecule has 0 aliphatic rings. The van der Waals surface area contributed by atoms with Crippen molar-refractivity contribution in [1.29, 1.82) is 0 Å². The van der Waals surface area contributed by atoms with Gasteiger partial charge in [0.1, 0.15) is 0 Å². The fraction of sp³-hybridized carbons (Fsp3) is 0. The number of aromatic nitrogens is 2. The van der Waals surface area contributed by atoms with Crippen molar-refractivity contribution in [1.82, 2.24) is 10.2 Å². The van der Waals surface area contributed by atoms with E-state index < -0.39 is 0 Å². The van der Waals surface area contributed by atoms with E-state index in [4.69, 9.17) is 4.42 Å². The standard InChI is InChI=1S/C6H3IN2OS/c7-6-9-8-5(11-6)4-2-1-3-10-4/h1-3H. The maximum atomic E-state index is 5.14. The summed E-state index contributed by atoms with van der Waals surface area (Å²) in [6.45, 7) is 0. The molecule has 0 spiro atoms. The van der Waals surface area contributed by atoms with Crippen LogP contribution >= 0.6 is 33.9 Å². The van der Waals surface area contributed by atoms with Crippen LogP contribution in [-0.2, 0) is 0 Å². The van der Waals surface area contributed by atoms with Crippen LogP contribution in [0.1, 0.15) is 0 Å². The second-order valence-corrected chi connectivity index (χ2v) is 4.57. The molecule has 3 nitrogen and oxygen atoms in total. The second kappa shape index (κ2) is 2.90. The highest BCUT2D eigenvalue weighted by molar-refractivity contribution is 14.1. The van der Waals surface area contributed by atoms with Crippen LogP contribution in [0.15, 0.2) is 22.8 Å². The average Bonchev–Trinajstić information content (AvgIpc) is 2.55. The molecule has 0 radical (unpaired) electrons. The zero-order chi connectivity index (χ0) is 7.68. The van der Waals surface area contributed by atoms with Crippen molar-refractivity contribution in [2.45, 2.75) is 0 Å². The van der Waals surface area contributed by atoms with Crippen LogP contribution in [0, 0.1) is 3.01 Å². The first-order chi connectivity index (χ1) is 5.36. The number of hydrogen-bond donors (Lipinski definition) is 0. The van der Waals surface area contributed by atoms with Gasteiger partial charge in [-0.15, -0.1) is 10.2 Å². The molecule has 0 aliphatic carbocycles. The van der Waals surface area contributed by atoms with Gasteiger partial charge in [-0.2, -0.15) is 0 Å². The van der Waals surface area contributed by atoms with Gasteiger partial charge in [0.25, 0.3) is 0 Å². The molecule has 2 heterocycles. The molecule has 56 valence electrons. The normalized spacial score (nSPS) is 10.3. The van der Waals surface area contributed by atoms with E-state index in [1.165, 1.54) is 11.3 Å². The largest absolute Gasteiger partial charge is 0.462 e. The van der Waals surface area contributed by atoms with Crippen molar-refractivity contribution < 1.29 is 4.42 Å². The predicted molar refractivity (Wildman–Crippen MR) is 50.3 cm³/mol. The van der Waals surface area contributed by atoms with Crippen molar-refractivity contribution >= 4 is 33.9 Å². The summed E-state index contributed by atoms with van der Waals surface area (Å²) in [5.41, 5.74) is 0. The lowest BCUT2D eigenvalue weighted by Gasteiger charge is -1.82. The molecule has 0 bridgehead atoms. The highest BCUT2D eigenvalue weighted by Crippen LogP contribution is 2.23. The van der Waals surface area contributed by atoms with E-state index in [1.54, 1.807) is 6.26 Å². The van der Waals surface area contributed by atoms with Crippen LogP contribution < -0.4 is 0 Å². The zero-order valence-electron chi connectivity index (χ0n) is 5.32. The summed E-state index contributed by atoms with van der Waals surface area (Å²) in [6.07, 6.45) is 1.63. The SMILES string of the molecule is Ic1nnc(-c2ccco2)s1. The van der Waals surface area contributed by atoms with Crippen molar-refractivity contribution in [3.05, 3.63) is 21.4 Å². The highest BCUT2D eigenvalue weighted by atomic mass is 127. The molecular formula is C6H3IN2OS. The minimum absolute atomic E-state index is 0.783. The smallest absolute Gasteiger partial charge is 0.184 e. The summed E-state index contributed by atoms with van der Waals surface area (Å²) in [5, 5.41) is 8.63. The Morgan fingerprint density at radius 3 is 2.91 bits per heavy atom. The fourth-order valence-electron chi connectivity index (χ4n) is 0.705. The van der Waals surface area contributed by atoms with Crippen molar-refractivity contribution in [3.63, 3.8) is 0 Å². The van der Waals surface area contributed by atoms with Crippen LogP contribution in [0.3, 0.4) is 0 Å². The van der Waals surface area contributed by atoms with E-state index in [0.717, 1.165) is 13.8 Å². The molecule has 2 aromatic rings. The van der Waals surface area contributed by atoms with Crippen LogP contribution in [0.4, 0.5) is 0 Å². The molecule has 0 fully saturated rings. The van der Waals surface area contributed by atoms with E-state index in [-0.39, 0.29) is 0 Å². The van der Waals surface area contributed by atoms with Crippen molar-refractivity contribution in [3.8, 4) is 10.8 Å². The molecule has 5 heteroatoms. The quantitative estimate of drug-likeness (QED) is 0.752. The van der Waals surface area contributed by atoms with Gasteiger partial charge in [0.15, 0.2) is 13.8 Å². The lowest BCUT2D eigenvalue weighted by Crippen LogP contribution is -1.70. The fourth-order valence-corrected chi connectivity index (χ4v) is 1.98. The number of rotatable bonds is 1. The van der Waals surface area contributed by atoms with E-state index in [0.29, 0.717) is 0 Å². The van der Waals surface area contributed by atoms with Gasteiger partial charge in [-0.25, -0.2) is 0 Å². The molecule has 0 N–H and O–H groups in total. The third-order valence-electron chi connectivity index (χ3n) is 1.13. The zero-order valence-corrected chi connectivity index (χ0v) is 8.29. The van der Waals surface area contributed by atoms with Crippen LogP contribution in [0.2, 0.25) is 0 Å². The van der Waals surface area contributed by atoms with Gasteiger partial charge in [-0.3, -0.25) is 0 Å². The van der Waals surface area contributed by atoms with Gasteiger partial charge in [-0.1, -0.05) is 11.3 Å². The third-order valence-corrected chi connectivity index (χ3v) is 2.73. The Balaban J connectivity index is 2.45. The summed E-state index contributed by atoms with van der Waals surface area (Å²) < 4.78 is 6.06. The summed E-state index contributed by atoms with van der Waals surface area (Å²) in [5.74, 6) is 0.783. The predicted octanol–water partition coefficient (Wildman–Crippen LogP) is 2.40. The molecule has 11 heavy (non-hydrogen) atoms. The summed E-state index contributed by atoms with van der Waals surface area (Å²) in [7, 11) is 0. The van der Waals surface area contributed by atoms with Gasteiger partial charge in [0.05, 0.1) is 6.26 Å². The second-order valence-electron chi connectivity index (χ2n) is 1.84. The molecule has 0 atom stereocenters. The first-order valence-electron chi connectivity index (χ1n) is 2.89. The minimum Gasteiger partial charge on any atom is -0.462 e. The molecule has 0 amide bonds. The Hall–Kier alpha value is -0.430. The van der Waals surface area contributed by atoms with Gasteiger partial charge < -0.3 is 4.42 Å². The maximum absolute atomic E-state index is 5.14. The Bertz CT molecular complexity index is 343. The maximum Gasteiger partial charge on any atom is 0.184 e. The monoisotopic (exact) mass is 278 g/mol. The van der Waals surface area contributed by atoms with E-state index in [1.807, 2.05) is 12.1 Å². The third kappa shape index (κ3) is 1.43. The van der Waals surface area contributed by atoms with E-state index >= 15 is 0 Å². The molecule has 0 aliphatic heterocycles. The average molecular weight is 278 g/mol. The molecule has 0 saturated heterocycles. The molecule has 0 unspecified atom stereocenters. The summed E-state index contributed by atoms with van der Waals surface area (Å²) >= 11 is 3.64. The Labute approximate surface area is 80.6 Å². The first kappa shape index (κ1) is 7.23.